The summed E-state index contributed by atoms with van der Waals surface area (Å²) >= 11 is 0. The van der Waals surface area contributed by atoms with E-state index >= 15 is 0 Å². The van der Waals surface area contributed by atoms with Crippen molar-refractivity contribution in [3.8, 4) is 6.07 Å². The van der Waals surface area contributed by atoms with Crippen LogP contribution in [0.3, 0.4) is 0 Å². The first-order valence-corrected chi connectivity index (χ1v) is 12.6. The summed E-state index contributed by atoms with van der Waals surface area (Å²) < 4.78 is 1.56. The van der Waals surface area contributed by atoms with Gasteiger partial charge in [-0.05, 0) is 56.9 Å². The zero-order chi connectivity index (χ0) is 25.3. The summed E-state index contributed by atoms with van der Waals surface area (Å²) in [4.78, 5) is 26.6. The molecule has 3 heterocycles. The summed E-state index contributed by atoms with van der Waals surface area (Å²) in [7, 11) is 1.74. The molecule has 1 aliphatic heterocycles. The molecule has 1 unspecified atom stereocenters. The number of hydrogen-bond donors (Lipinski definition) is 0. The van der Waals surface area contributed by atoms with Crippen LogP contribution in [-0.2, 0) is 12.5 Å². The molecule has 0 spiro atoms. The number of hydrogen-bond acceptors (Lipinski definition) is 6. The molecule has 35 heavy (non-hydrogen) atoms. The van der Waals surface area contributed by atoms with Crippen molar-refractivity contribution in [1.82, 2.24) is 19.4 Å². The van der Waals surface area contributed by atoms with E-state index in [1.54, 1.807) is 17.8 Å². The predicted octanol–water partition coefficient (Wildman–Crippen LogP) is 4.57. The molecule has 1 saturated heterocycles. The van der Waals surface area contributed by atoms with E-state index in [0.717, 1.165) is 42.5 Å². The molecule has 2 aromatic heterocycles. The van der Waals surface area contributed by atoms with Gasteiger partial charge in [0.2, 0.25) is 0 Å². The highest BCUT2D eigenvalue weighted by molar-refractivity contribution is 5.85. The van der Waals surface area contributed by atoms with Gasteiger partial charge in [0.05, 0.1) is 17.0 Å². The first kappa shape index (κ1) is 24.9. The highest BCUT2D eigenvalue weighted by Crippen LogP contribution is 2.34. The van der Waals surface area contributed by atoms with Gasteiger partial charge in [0.25, 0.3) is 0 Å². The zero-order valence-electron chi connectivity index (χ0n) is 21.7. The summed E-state index contributed by atoms with van der Waals surface area (Å²) in [5.41, 5.74) is 3.14. The molecule has 1 fully saturated rings. The van der Waals surface area contributed by atoms with E-state index in [4.69, 9.17) is 0 Å². The number of aromatic nitrogens is 3. The summed E-state index contributed by atoms with van der Waals surface area (Å²) in [5.74, 6) is 0.686. The molecule has 0 bridgehead atoms. The third-order valence-electron chi connectivity index (χ3n) is 7.56. The number of piperazine rings is 1. The summed E-state index contributed by atoms with van der Waals surface area (Å²) in [6, 6.07) is 15.5. The molecule has 1 aliphatic rings. The SMILES string of the molecule is CCC(c1ccc(C(C)(C)C#N)cc1)N1C[C@H](C)N(c2nc(=O)n(C)c3cccnc23)C[C@H]1CC. The monoisotopic (exact) mass is 472 g/mol. The van der Waals surface area contributed by atoms with Gasteiger partial charge in [-0.25, -0.2) is 4.79 Å². The first-order valence-electron chi connectivity index (χ1n) is 12.6. The lowest BCUT2D eigenvalue weighted by Gasteiger charge is -2.49. The fraction of sp³-hybridized carbons (Fsp3) is 0.500. The normalized spacial score (nSPS) is 20.1. The van der Waals surface area contributed by atoms with E-state index in [1.165, 1.54) is 5.56 Å². The molecule has 7 nitrogen and oxygen atoms in total. The van der Waals surface area contributed by atoms with Gasteiger partial charge in [0.1, 0.15) is 5.52 Å². The van der Waals surface area contributed by atoms with Crippen molar-refractivity contribution < 1.29 is 0 Å². The van der Waals surface area contributed by atoms with Crippen molar-refractivity contribution in [2.45, 2.75) is 71.0 Å². The molecule has 3 atom stereocenters. The van der Waals surface area contributed by atoms with Gasteiger partial charge in [0.15, 0.2) is 5.82 Å². The molecule has 184 valence electrons. The van der Waals surface area contributed by atoms with Gasteiger partial charge in [-0.1, -0.05) is 38.1 Å². The van der Waals surface area contributed by atoms with E-state index in [1.807, 2.05) is 26.0 Å². The van der Waals surface area contributed by atoms with E-state index < -0.39 is 5.41 Å². The van der Waals surface area contributed by atoms with Crippen molar-refractivity contribution in [3.05, 3.63) is 64.2 Å². The van der Waals surface area contributed by atoms with E-state index in [9.17, 15) is 10.1 Å². The third kappa shape index (κ3) is 4.55. The Morgan fingerprint density at radius 3 is 2.51 bits per heavy atom. The summed E-state index contributed by atoms with van der Waals surface area (Å²) in [6.07, 6.45) is 3.76. The molecular formula is C28H36N6O. The highest BCUT2D eigenvalue weighted by atomic mass is 16.1. The van der Waals surface area contributed by atoms with Crippen LogP contribution in [-0.4, -0.2) is 44.6 Å². The van der Waals surface area contributed by atoms with Crippen molar-refractivity contribution in [1.29, 1.82) is 5.26 Å². The van der Waals surface area contributed by atoms with Crippen molar-refractivity contribution in [2.24, 2.45) is 7.05 Å². The third-order valence-corrected chi connectivity index (χ3v) is 7.56. The van der Waals surface area contributed by atoms with Crippen LogP contribution in [0, 0.1) is 11.3 Å². The van der Waals surface area contributed by atoms with E-state index in [-0.39, 0.29) is 17.8 Å². The maximum atomic E-state index is 12.6. The molecule has 0 aliphatic carbocycles. The number of nitrogens with zero attached hydrogens (tertiary/aromatic N) is 6. The fourth-order valence-electron chi connectivity index (χ4n) is 5.31. The Balaban J connectivity index is 1.66. The predicted molar refractivity (Wildman–Crippen MR) is 140 cm³/mol. The minimum absolute atomic E-state index is 0.174. The molecule has 4 rings (SSSR count). The Morgan fingerprint density at radius 2 is 1.89 bits per heavy atom. The molecule has 3 aromatic rings. The Morgan fingerprint density at radius 1 is 1.17 bits per heavy atom. The second-order valence-corrected chi connectivity index (χ2v) is 10.2. The van der Waals surface area contributed by atoms with Crippen molar-refractivity contribution in [3.63, 3.8) is 0 Å². The summed E-state index contributed by atoms with van der Waals surface area (Å²) in [6.45, 7) is 12.2. The maximum absolute atomic E-state index is 12.6. The van der Waals surface area contributed by atoms with Gasteiger partial charge in [-0.2, -0.15) is 10.2 Å². The molecule has 0 N–H and O–H groups in total. The van der Waals surface area contributed by atoms with E-state index in [0.29, 0.717) is 11.9 Å². The quantitative estimate of drug-likeness (QED) is 0.523. The lowest BCUT2D eigenvalue weighted by Crippen LogP contribution is -2.58. The minimum atomic E-state index is -0.497. The van der Waals surface area contributed by atoms with Crippen molar-refractivity contribution in [2.75, 3.05) is 18.0 Å². The lowest BCUT2D eigenvalue weighted by molar-refractivity contribution is 0.0939. The Hall–Kier alpha value is -3.24. The number of benzene rings is 1. The Bertz CT molecular complexity index is 1290. The zero-order valence-corrected chi connectivity index (χ0v) is 21.7. The largest absolute Gasteiger partial charge is 0.349 e. The van der Waals surface area contributed by atoms with Crippen LogP contribution < -0.4 is 10.6 Å². The van der Waals surface area contributed by atoms with Crippen LogP contribution in [0.5, 0.6) is 0 Å². The smallest absolute Gasteiger partial charge is 0.349 e. The number of nitriles is 1. The van der Waals surface area contributed by atoms with Crippen molar-refractivity contribution >= 4 is 16.9 Å². The average molecular weight is 473 g/mol. The molecule has 0 saturated carbocycles. The van der Waals surface area contributed by atoms with Gasteiger partial charge >= 0.3 is 5.69 Å². The number of anilines is 1. The number of pyridine rings is 1. The minimum Gasteiger partial charge on any atom is -0.349 e. The van der Waals surface area contributed by atoms with Gasteiger partial charge in [-0.15, -0.1) is 0 Å². The van der Waals surface area contributed by atoms with Gasteiger partial charge in [0, 0.05) is 44.5 Å². The van der Waals surface area contributed by atoms with Gasteiger partial charge in [-0.3, -0.25) is 14.5 Å². The molecule has 0 amide bonds. The number of fused-ring (bicyclic) bond motifs is 1. The van der Waals surface area contributed by atoms with Crippen LogP contribution in [0.4, 0.5) is 5.82 Å². The number of rotatable bonds is 6. The average Bonchev–Trinajstić information content (AvgIpc) is 2.87. The standard InChI is InChI=1S/C28H36N6O/c1-7-22-17-33(26-25-24(10-9-15-30-25)32(6)27(35)31-26)19(3)16-34(22)23(8-2)20-11-13-21(14-12-20)28(4,5)18-29/h9-15,19,22-23H,7-8,16-17H2,1-6H3/t19-,22+,23?/m0/s1. The van der Waals surface area contributed by atoms with E-state index in [2.05, 4.69) is 70.9 Å². The number of aryl methyl sites for hydroxylation is 1. The van der Waals surface area contributed by atoms with Gasteiger partial charge < -0.3 is 4.90 Å². The lowest BCUT2D eigenvalue weighted by atomic mass is 9.85. The second kappa shape index (κ2) is 9.79. The van der Waals surface area contributed by atoms with Crippen LogP contribution in [0.15, 0.2) is 47.4 Å². The fourth-order valence-corrected chi connectivity index (χ4v) is 5.31. The molecular weight excluding hydrogens is 436 g/mol. The Kier molecular flexibility index (Phi) is 6.95. The molecule has 1 aromatic carbocycles. The van der Waals surface area contributed by atoms with Crippen LogP contribution >= 0.6 is 0 Å². The maximum Gasteiger partial charge on any atom is 0.349 e. The van der Waals surface area contributed by atoms with Crippen LogP contribution in [0.1, 0.15) is 64.6 Å². The summed E-state index contributed by atoms with van der Waals surface area (Å²) in [5, 5.41) is 9.50. The first-order chi connectivity index (χ1) is 16.7. The molecule has 0 radical (unpaired) electrons. The second-order valence-electron chi connectivity index (χ2n) is 10.2. The highest BCUT2D eigenvalue weighted by Gasteiger charge is 2.36. The van der Waals surface area contributed by atoms with Crippen LogP contribution in [0.25, 0.3) is 11.0 Å². The molecule has 7 heteroatoms. The topological polar surface area (TPSA) is 78.0 Å². The Labute approximate surface area is 208 Å². The van der Waals surface area contributed by atoms with Crippen LogP contribution in [0.2, 0.25) is 0 Å².